The molecular weight excluding hydrogens is 208 g/mol. The van der Waals surface area contributed by atoms with Gasteiger partial charge in [-0.2, -0.15) is 0 Å². The average Bonchev–Trinajstić information content (AvgIpc) is 2.25. The molecule has 0 spiro atoms. The van der Waals surface area contributed by atoms with Crippen molar-refractivity contribution in [2.24, 2.45) is 0 Å². The van der Waals surface area contributed by atoms with Crippen LogP contribution < -0.4 is 0 Å². The number of amides is 1. The SMILES string of the molecule is CC1CN(C(C)C(=O)N(C)C)CC(CO)O1. The zero-order valence-electron chi connectivity index (χ0n) is 10.5. The molecule has 16 heavy (non-hydrogen) atoms. The summed E-state index contributed by atoms with van der Waals surface area (Å²) in [6.07, 6.45) is -0.121. The number of nitrogens with zero attached hydrogens (tertiary/aromatic N) is 2. The Morgan fingerprint density at radius 1 is 1.56 bits per heavy atom. The van der Waals surface area contributed by atoms with Gasteiger partial charge in [0.05, 0.1) is 24.9 Å². The molecule has 94 valence electrons. The van der Waals surface area contributed by atoms with E-state index in [1.165, 1.54) is 0 Å². The summed E-state index contributed by atoms with van der Waals surface area (Å²) in [4.78, 5) is 15.5. The molecule has 0 bridgehead atoms. The van der Waals surface area contributed by atoms with Gasteiger partial charge in [0.25, 0.3) is 0 Å². The standard InChI is InChI=1S/C11H22N2O3/c1-8-5-13(6-10(7-14)16-8)9(2)11(15)12(3)4/h8-10,14H,5-7H2,1-4H3. The molecule has 3 unspecified atom stereocenters. The van der Waals surface area contributed by atoms with Crippen molar-refractivity contribution in [1.82, 2.24) is 9.80 Å². The van der Waals surface area contributed by atoms with E-state index in [0.29, 0.717) is 6.54 Å². The highest BCUT2D eigenvalue weighted by atomic mass is 16.5. The molecule has 0 aromatic rings. The van der Waals surface area contributed by atoms with Crippen LogP contribution in [0.3, 0.4) is 0 Å². The highest BCUT2D eigenvalue weighted by Gasteiger charge is 2.31. The fourth-order valence-electron chi connectivity index (χ4n) is 2.03. The number of hydrogen-bond acceptors (Lipinski definition) is 4. The highest BCUT2D eigenvalue weighted by molar-refractivity contribution is 5.80. The summed E-state index contributed by atoms with van der Waals surface area (Å²) in [6.45, 7) is 5.21. The van der Waals surface area contributed by atoms with Gasteiger partial charge in [-0.1, -0.05) is 0 Å². The van der Waals surface area contributed by atoms with E-state index in [0.717, 1.165) is 6.54 Å². The Morgan fingerprint density at radius 2 is 2.19 bits per heavy atom. The van der Waals surface area contributed by atoms with Gasteiger partial charge in [-0.25, -0.2) is 0 Å². The molecule has 1 rings (SSSR count). The Morgan fingerprint density at radius 3 is 2.69 bits per heavy atom. The van der Waals surface area contributed by atoms with Crippen molar-refractivity contribution in [3.63, 3.8) is 0 Å². The van der Waals surface area contributed by atoms with Gasteiger partial charge < -0.3 is 14.7 Å². The lowest BCUT2D eigenvalue weighted by molar-refractivity contribution is -0.142. The lowest BCUT2D eigenvalue weighted by atomic mass is 10.1. The largest absolute Gasteiger partial charge is 0.394 e. The van der Waals surface area contributed by atoms with E-state index in [9.17, 15) is 4.79 Å². The van der Waals surface area contributed by atoms with Gasteiger partial charge in [0.1, 0.15) is 0 Å². The third-order valence-corrected chi connectivity index (χ3v) is 2.90. The summed E-state index contributed by atoms with van der Waals surface area (Å²) in [5, 5.41) is 9.11. The van der Waals surface area contributed by atoms with Gasteiger partial charge in [-0.3, -0.25) is 9.69 Å². The maximum atomic E-state index is 11.8. The molecule has 0 saturated carbocycles. The molecule has 3 atom stereocenters. The predicted molar refractivity (Wildman–Crippen MR) is 61.1 cm³/mol. The van der Waals surface area contributed by atoms with Gasteiger partial charge in [-0.05, 0) is 13.8 Å². The van der Waals surface area contributed by atoms with Crippen LogP contribution in [-0.4, -0.2) is 72.9 Å². The van der Waals surface area contributed by atoms with Crippen LogP contribution in [0.5, 0.6) is 0 Å². The Labute approximate surface area is 97.0 Å². The van der Waals surface area contributed by atoms with Crippen LogP contribution in [0.4, 0.5) is 0 Å². The number of hydrogen-bond donors (Lipinski definition) is 1. The van der Waals surface area contributed by atoms with Crippen LogP contribution in [0.25, 0.3) is 0 Å². The normalized spacial score (nSPS) is 28.8. The van der Waals surface area contributed by atoms with Crippen LogP contribution in [0, 0.1) is 0 Å². The maximum Gasteiger partial charge on any atom is 0.239 e. The first kappa shape index (κ1) is 13.4. The van der Waals surface area contributed by atoms with E-state index in [2.05, 4.69) is 4.90 Å². The second-order valence-electron chi connectivity index (χ2n) is 4.61. The topological polar surface area (TPSA) is 53.0 Å². The number of ether oxygens (including phenoxy) is 1. The predicted octanol–water partition coefficient (Wildman–Crippen LogP) is -0.455. The molecule has 1 N–H and O–H groups in total. The van der Waals surface area contributed by atoms with Gasteiger partial charge in [0, 0.05) is 27.2 Å². The summed E-state index contributed by atoms with van der Waals surface area (Å²) in [7, 11) is 3.51. The van der Waals surface area contributed by atoms with Gasteiger partial charge in [-0.15, -0.1) is 0 Å². The summed E-state index contributed by atoms with van der Waals surface area (Å²) in [5.74, 6) is 0.0887. The average molecular weight is 230 g/mol. The second-order valence-corrected chi connectivity index (χ2v) is 4.61. The summed E-state index contributed by atoms with van der Waals surface area (Å²) in [6, 6.07) is -0.157. The number of carbonyl (C=O) groups is 1. The Balaban J connectivity index is 2.61. The molecular formula is C11H22N2O3. The number of aliphatic hydroxyl groups excluding tert-OH is 1. The third kappa shape index (κ3) is 3.17. The van der Waals surface area contributed by atoms with Crippen LogP contribution in [-0.2, 0) is 9.53 Å². The van der Waals surface area contributed by atoms with E-state index >= 15 is 0 Å². The number of morpholine rings is 1. The summed E-state index contributed by atoms with van der Waals surface area (Å²) in [5.41, 5.74) is 0. The van der Waals surface area contributed by atoms with Crippen molar-refractivity contribution < 1.29 is 14.6 Å². The van der Waals surface area contributed by atoms with Gasteiger partial charge >= 0.3 is 0 Å². The molecule has 0 radical (unpaired) electrons. The molecule has 1 heterocycles. The number of rotatable bonds is 3. The molecule has 0 aliphatic carbocycles. The zero-order valence-corrected chi connectivity index (χ0v) is 10.5. The monoisotopic (exact) mass is 230 g/mol. The molecule has 1 amide bonds. The molecule has 1 aliphatic heterocycles. The van der Waals surface area contributed by atoms with Gasteiger partial charge in [0.2, 0.25) is 5.91 Å². The molecule has 1 fully saturated rings. The molecule has 5 heteroatoms. The van der Waals surface area contributed by atoms with Crippen LogP contribution in [0.15, 0.2) is 0 Å². The summed E-state index contributed by atoms with van der Waals surface area (Å²) < 4.78 is 5.54. The minimum atomic E-state index is -0.179. The van der Waals surface area contributed by atoms with E-state index < -0.39 is 0 Å². The Kier molecular flexibility index (Phi) is 4.70. The van der Waals surface area contributed by atoms with Crippen molar-refractivity contribution in [1.29, 1.82) is 0 Å². The first-order chi connectivity index (χ1) is 7.45. The summed E-state index contributed by atoms with van der Waals surface area (Å²) >= 11 is 0. The Bertz CT molecular complexity index is 245. The molecule has 0 aromatic heterocycles. The van der Waals surface area contributed by atoms with E-state index in [4.69, 9.17) is 9.84 Å². The molecule has 5 nitrogen and oxygen atoms in total. The van der Waals surface area contributed by atoms with E-state index in [1.54, 1.807) is 19.0 Å². The zero-order chi connectivity index (χ0) is 12.3. The van der Waals surface area contributed by atoms with Crippen LogP contribution >= 0.6 is 0 Å². The first-order valence-corrected chi connectivity index (χ1v) is 5.67. The quantitative estimate of drug-likeness (QED) is 0.713. The van der Waals surface area contributed by atoms with Crippen LogP contribution in [0.2, 0.25) is 0 Å². The molecule has 1 saturated heterocycles. The van der Waals surface area contributed by atoms with E-state index in [1.807, 2.05) is 13.8 Å². The fourth-order valence-corrected chi connectivity index (χ4v) is 2.03. The number of carbonyl (C=O) groups excluding carboxylic acids is 1. The highest BCUT2D eigenvalue weighted by Crippen LogP contribution is 2.14. The smallest absolute Gasteiger partial charge is 0.239 e. The Hall–Kier alpha value is -0.650. The lowest BCUT2D eigenvalue weighted by Gasteiger charge is -2.39. The van der Waals surface area contributed by atoms with Crippen molar-refractivity contribution in [2.75, 3.05) is 33.8 Å². The van der Waals surface area contributed by atoms with E-state index in [-0.39, 0.29) is 30.8 Å². The second kappa shape index (κ2) is 5.61. The number of aliphatic hydroxyl groups is 1. The first-order valence-electron chi connectivity index (χ1n) is 5.67. The minimum absolute atomic E-state index is 0.00369. The minimum Gasteiger partial charge on any atom is -0.394 e. The fraction of sp³-hybridized carbons (Fsp3) is 0.909. The molecule has 0 aromatic carbocycles. The maximum absolute atomic E-state index is 11.8. The number of likely N-dealkylation sites (N-methyl/N-ethyl adjacent to an activating group) is 1. The third-order valence-electron chi connectivity index (χ3n) is 2.90. The van der Waals surface area contributed by atoms with Crippen molar-refractivity contribution in [2.45, 2.75) is 32.1 Å². The molecule has 1 aliphatic rings. The lowest BCUT2D eigenvalue weighted by Crippen LogP contribution is -2.55. The van der Waals surface area contributed by atoms with Crippen LogP contribution in [0.1, 0.15) is 13.8 Å². The van der Waals surface area contributed by atoms with Crippen molar-refractivity contribution >= 4 is 5.91 Å². The van der Waals surface area contributed by atoms with Crippen molar-refractivity contribution in [3.8, 4) is 0 Å². The van der Waals surface area contributed by atoms with Gasteiger partial charge in [0.15, 0.2) is 0 Å². The van der Waals surface area contributed by atoms with Crippen molar-refractivity contribution in [3.05, 3.63) is 0 Å².